The van der Waals surface area contributed by atoms with Gasteiger partial charge in [-0.2, -0.15) is 0 Å². The molecule has 0 aromatic heterocycles. The number of esters is 1. The Labute approximate surface area is 193 Å². The molecule has 2 rings (SSSR count). The zero-order valence-corrected chi connectivity index (χ0v) is 20.8. The first-order chi connectivity index (χ1) is 14.9. The molecule has 0 fully saturated rings. The lowest BCUT2D eigenvalue weighted by Crippen LogP contribution is -2.14. The van der Waals surface area contributed by atoms with Crippen molar-refractivity contribution < 1.29 is 19.4 Å². The van der Waals surface area contributed by atoms with Gasteiger partial charge in [-0.3, -0.25) is 9.59 Å². The van der Waals surface area contributed by atoms with E-state index in [1.165, 1.54) is 16.7 Å². The van der Waals surface area contributed by atoms with Crippen LogP contribution in [0.5, 0.6) is 5.75 Å². The van der Waals surface area contributed by atoms with Gasteiger partial charge in [-0.1, -0.05) is 73.6 Å². The van der Waals surface area contributed by atoms with E-state index in [1.807, 2.05) is 0 Å². The van der Waals surface area contributed by atoms with Crippen LogP contribution in [0.15, 0.2) is 30.3 Å². The van der Waals surface area contributed by atoms with Gasteiger partial charge in [0, 0.05) is 0 Å². The van der Waals surface area contributed by atoms with Crippen molar-refractivity contribution in [2.75, 3.05) is 0 Å². The van der Waals surface area contributed by atoms with Crippen LogP contribution in [0.25, 0.3) is 11.1 Å². The molecule has 174 valence electrons. The Kier molecular flexibility index (Phi) is 8.65. The number of carbonyl (C=O) groups is 2. The van der Waals surface area contributed by atoms with E-state index in [4.69, 9.17) is 9.84 Å². The fourth-order valence-electron chi connectivity index (χ4n) is 3.70. The van der Waals surface area contributed by atoms with Crippen LogP contribution in [0.2, 0.25) is 0 Å². The van der Waals surface area contributed by atoms with Gasteiger partial charge in [0.1, 0.15) is 5.75 Å². The molecule has 1 N–H and O–H groups in total. The van der Waals surface area contributed by atoms with Gasteiger partial charge in [0.05, 0.1) is 12.8 Å². The summed E-state index contributed by atoms with van der Waals surface area (Å²) in [6, 6.07) is 11.1. The number of carbonyl (C=O) groups excluding carboxylic acids is 1. The van der Waals surface area contributed by atoms with Gasteiger partial charge in [-0.05, 0) is 69.2 Å². The maximum absolute atomic E-state index is 12.4. The van der Waals surface area contributed by atoms with Gasteiger partial charge in [0.2, 0.25) is 0 Å². The minimum absolute atomic E-state index is 0.139. The molecule has 2 aromatic carbocycles. The summed E-state index contributed by atoms with van der Waals surface area (Å²) in [6.45, 7) is 17.2. The van der Waals surface area contributed by atoms with Crippen LogP contribution in [-0.4, -0.2) is 17.0 Å². The lowest BCUT2D eigenvalue weighted by molar-refractivity contribution is -0.142. The van der Waals surface area contributed by atoms with Crippen LogP contribution < -0.4 is 4.74 Å². The second-order valence-corrected chi connectivity index (χ2v) is 9.86. The van der Waals surface area contributed by atoms with Crippen molar-refractivity contribution >= 4 is 11.9 Å². The number of hydrogen-bond acceptors (Lipinski definition) is 3. The third-order valence-electron chi connectivity index (χ3n) is 5.79. The molecule has 0 saturated heterocycles. The van der Waals surface area contributed by atoms with Crippen molar-refractivity contribution in [2.45, 2.75) is 91.9 Å². The molecular weight excluding hydrogens is 400 g/mol. The van der Waals surface area contributed by atoms with Crippen molar-refractivity contribution in [1.82, 2.24) is 0 Å². The van der Waals surface area contributed by atoms with Crippen molar-refractivity contribution in [1.29, 1.82) is 0 Å². The van der Waals surface area contributed by atoms with Crippen molar-refractivity contribution in [3.05, 3.63) is 52.6 Å². The maximum Gasteiger partial charge on any atom is 0.311 e. The molecule has 0 atom stereocenters. The molecule has 0 aliphatic heterocycles. The van der Waals surface area contributed by atoms with E-state index >= 15 is 0 Å². The number of carboxylic acid groups (broad SMARTS) is 1. The van der Waals surface area contributed by atoms with Crippen molar-refractivity contribution in [3.8, 4) is 16.9 Å². The third-order valence-corrected chi connectivity index (χ3v) is 5.79. The average Bonchev–Trinajstić information content (AvgIpc) is 2.71. The highest BCUT2D eigenvalue weighted by Gasteiger charge is 2.21. The summed E-state index contributed by atoms with van der Waals surface area (Å²) in [7, 11) is 0. The van der Waals surface area contributed by atoms with E-state index in [2.05, 4.69) is 85.7 Å². The van der Waals surface area contributed by atoms with Crippen LogP contribution in [0.4, 0.5) is 0 Å². The Morgan fingerprint density at radius 3 is 1.50 bits per heavy atom. The second-order valence-electron chi connectivity index (χ2n) is 9.86. The summed E-state index contributed by atoms with van der Waals surface area (Å²) in [5, 5.41) is 8.89. The first kappa shape index (κ1) is 25.6. The molecule has 2 aromatic rings. The molecule has 0 aliphatic carbocycles. The Bertz CT molecular complexity index is 912. The molecule has 0 heterocycles. The van der Waals surface area contributed by atoms with Crippen LogP contribution in [0.1, 0.15) is 114 Å². The molecule has 4 nitrogen and oxygen atoms in total. The van der Waals surface area contributed by atoms with Crippen molar-refractivity contribution in [2.24, 2.45) is 0 Å². The highest BCUT2D eigenvalue weighted by atomic mass is 16.5. The number of hydrogen-bond donors (Lipinski definition) is 1. The molecule has 0 spiro atoms. The Hall–Kier alpha value is -2.62. The molecule has 0 unspecified atom stereocenters. The van der Waals surface area contributed by atoms with Crippen LogP contribution in [-0.2, 0) is 9.59 Å². The Morgan fingerprint density at radius 1 is 0.688 bits per heavy atom. The zero-order chi connectivity index (χ0) is 24.2. The predicted molar refractivity (Wildman–Crippen MR) is 131 cm³/mol. The van der Waals surface area contributed by atoms with E-state index < -0.39 is 11.9 Å². The maximum atomic E-state index is 12.4. The molecule has 0 aliphatic rings. The number of rotatable bonds is 9. The smallest absolute Gasteiger partial charge is 0.311 e. The monoisotopic (exact) mass is 438 g/mol. The van der Waals surface area contributed by atoms with Crippen LogP contribution in [0, 0.1) is 0 Å². The fourth-order valence-corrected chi connectivity index (χ4v) is 3.70. The molecule has 4 heteroatoms. The van der Waals surface area contributed by atoms with E-state index in [1.54, 1.807) is 0 Å². The SMILES string of the molecule is CC(C)c1cc(-c2cc(C(C)C)c(OC(=O)CCC(=O)O)c(C(C)C)c2)cc(C(C)C)c1. The highest BCUT2D eigenvalue weighted by Crippen LogP contribution is 2.40. The van der Waals surface area contributed by atoms with Gasteiger partial charge in [-0.15, -0.1) is 0 Å². The normalized spacial score (nSPS) is 11.6. The molecule has 0 saturated carbocycles. The van der Waals surface area contributed by atoms with Crippen LogP contribution >= 0.6 is 0 Å². The van der Waals surface area contributed by atoms with Gasteiger partial charge in [-0.25, -0.2) is 0 Å². The van der Waals surface area contributed by atoms with Crippen molar-refractivity contribution in [3.63, 3.8) is 0 Å². The van der Waals surface area contributed by atoms with E-state index in [9.17, 15) is 9.59 Å². The second kappa shape index (κ2) is 10.8. The molecule has 0 bridgehead atoms. The highest BCUT2D eigenvalue weighted by molar-refractivity contribution is 5.79. The zero-order valence-electron chi connectivity index (χ0n) is 20.8. The number of aliphatic carboxylic acids is 1. The van der Waals surface area contributed by atoms with Crippen LogP contribution in [0.3, 0.4) is 0 Å². The summed E-state index contributed by atoms with van der Waals surface area (Å²) < 4.78 is 5.76. The van der Waals surface area contributed by atoms with Gasteiger partial charge < -0.3 is 9.84 Å². The minimum Gasteiger partial charge on any atom is -0.481 e. The Balaban J connectivity index is 2.64. The largest absolute Gasteiger partial charge is 0.481 e. The van der Waals surface area contributed by atoms with E-state index in [0.29, 0.717) is 17.6 Å². The summed E-state index contributed by atoms with van der Waals surface area (Å²) >= 11 is 0. The number of carboxylic acids is 1. The topological polar surface area (TPSA) is 63.6 Å². The molecular formula is C28H38O4. The lowest BCUT2D eigenvalue weighted by Gasteiger charge is -2.22. The molecule has 0 radical (unpaired) electrons. The summed E-state index contributed by atoms with van der Waals surface area (Å²) in [6.07, 6.45) is -0.370. The van der Waals surface area contributed by atoms with E-state index in [-0.39, 0.29) is 24.7 Å². The quantitative estimate of drug-likeness (QED) is 0.323. The first-order valence-corrected chi connectivity index (χ1v) is 11.7. The summed E-state index contributed by atoms with van der Waals surface area (Å²) in [5.41, 5.74) is 6.85. The minimum atomic E-state index is -1.00. The average molecular weight is 439 g/mol. The number of ether oxygens (including phenoxy) is 1. The fraction of sp³-hybridized carbons (Fsp3) is 0.500. The van der Waals surface area contributed by atoms with Gasteiger partial charge in [0.25, 0.3) is 0 Å². The standard InChI is InChI=1S/C28H38O4/c1-16(2)20-11-21(17(3)4)13-22(12-20)23-14-24(18(5)6)28(25(15-23)19(7)8)32-27(31)10-9-26(29)30/h11-19H,9-10H2,1-8H3,(H,29,30). The molecule has 32 heavy (non-hydrogen) atoms. The third kappa shape index (κ3) is 6.44. The van der Waals surface area contributed by atoms with Gasteiger partial charge in [0.15, 0.2) is 0 Å². The summed E-state index contributed by atoms with van der Waals surface area (Å²) in [5.74, 6) is 0.217. The predicted octanol–water partition coefficient (Wildman–Crippen LogP) is 7.62. The summed E-state index contributed by atoms with van der Waals surface area (Å²) in [4.78, 5) is 23.2. The molecule has 0 amide bonds. The first-order valence-electron chi connectivity index (χ1n) is 11.7. The number of benzene rings is 2. The van der Waals surface area contributed by atoms with E-state index in [0.717, 1.165) is 16.7 Å². The Morgan fingerprint density at radius 2 is 1.12 bits per heavy atom. The lowest BCUT2D eigenvalue weighted by atomic mass is 9.86. The van der Waals surface area contributed by atoms with Gasteiger partial charge >= 0.3 is 11.9 Å².